The molecule has 2 aliphatic rings. The first kappa shape index (κ1) is 12.2. The Labute approximate surface area is 119 Å². The van der Waals surface area contributed by atoms with Gasteiger partial charge < -0.3 is 5.32 Å². The van der Waals surface area contributed by atoms with E-state index in [2.05, 4.69) is 20.8 Å². The van der Waals surface area contributed by atoms with Crippen LogP contribution >= 0.6 is 0 Å². The minimum absolute atomic E-state index is 0.0261. The highest BCUT2D eigenvalue weighted by molar-refractivity contribution is 5.99. The summed E-state index contributed by atoms with van der Waals surface area (Å²) in [7, 11) is 0. The number of carbonyl (C=O) groups excluding carboxylic acids is 1. The van der Waals surface area contributed by atoms with Gasteiger partial charge in [0.1, 0.15) is 11.9 Å². The molecule has 1 aromatic heterocycles. The first-order valence-electron chi connectivity index (χ1n) is 6.81. The van der Waals surface area contributed by atoms with Crippen molar-refractivity contribution in [2.45, 2.75) is 25.3 Å². The van der Waals surface area contributed by atoms with E-state index in [0.717, 1.165) is 18.5 Å². The number of hydrogen-bond acceptors (Lipinski definition) is 5. The topological polar surface area (TPSA) is 72.7 Å². The molecule has 106 valence electrons. The Hall–Kier alpha value is -2.57. The number of benzene rings is 1. The van der Waals surface area contributed by atoms with Gasteiger partial charge in [-0.1, -0.05) is 23.3 Å². The van der Waals surface area contributed by atoms with Crippen LogP contribution in [0.4, 0.5) is 10.3 Å². The van der Waals surface area contributed by atoms with Crippen LogP contribution in [-0.4, -0.2) is 26.0 Å². The zero-order valence-electron chi connectivity index (χ0n) is 11.1. The Morgan fingerprint density at radius 3 is 3.00 bits per heavy atom. The van der Waals surface area contributed by atoms with E-state index in [-0.39, 0.29) is 11.6 Å². The molecule has 0 bridgehead atoms. The van der Waals surface area contributed by atoms with Crippen LogP contribution in [-0.2, 0) is 4.79 Å². The number of halogens is 1. The summed E-state index contributed by atoms with van der Waals surface area (Å²) in [5, 5.41) is 14.5. The quantitative estimate of drug-likeness (QED) is 0.865. The summed E-state index contributed by atoms with van der Waals surface area (Å²) >= 11 is 0. The summed E-state index contributed by atoms with van der Waals surface area (Å²) in [6.07, 6.45) is 2.01. The van der Waals surface area contributed by atoms with Gasteiger partial charge in [-0.3, -0.25) is 4.79 Å². The highest BCUT2D eigenvalue weighted by Gasteiger charge is 2.37. The molecule has 0 radical (unpaired) electrons. The molecule has 0 spiro atoms. The van der Waals surface area contributed by atoms with Gasteiger partial charge >= 0.3 is 0 Å². The van der Waals surface area contributed by atoms with Crippen molar-refractivity contribution in [2.75, 3.05) is 5.32 Å². The summed E-state index contributed by atoms with van der Waals surface area (Å²) in [5.74, 6) is 0.103. The minimum Gasteiger partial charge on any atom is -0.326 e. The zero-order valence-corrected chi connectivity index (χ0v) is 11.1. The lowest BCUT2D eigenvalue weighted by Gasteiger charge is -2.31. The first-order chi connectivity index (χ1) is 10.3. The summed E-state index contributed by atoms with van der Waals surface area (Å²) < 4.78 is 15.7. The number of carbonyl (C=O) groups is 1. The largest absolute Gasteiger partial charge is 0.326 e. The third kappa shape index (κ3) is 1.77. The van der Waals surface area contributed by atoms with Gasteiger partial charge in [0.2, 0.25) is 5.95 Å². The second-order valence-electron chi connectivity index (χ2n) is 5.17. The molecule has 7 heteroatoms. The monoisotopic (exact) mass is 285 g/mol. The van der Waals surface area contributed by atoms with E-state index in [0.29, 0.717) is 23.5 Å². The van der Waals surface area contributed by atoms with Crippen LogP contribution in [0.3, 0.4) is 0 Å². The van der Waals surface area contributed by atoms with Crippen molar-refractivity contribution in [1.29, 1.82) is 0 Å². The fraction of sp³-hybridized carbons (Fsp3) is 0.286. The van der Waals surface area contributed by atoms with E-state index in [4.69, 9.17) is 0 Å². The third-order valence-corrected chi connectivity index (χ3v) is 3.93. The zero-order chi connectivity index (χ0) is 14.4. The molecular weight excluding hydrogens is 273 g/mol. The van der Waals surface area contributed by atoms with Gasteiger partial charge in [0.05, 0.1) is 0 Å². The smallest absolute Gasteiger partial charge is 0.248 e. The second kappa shape index (κ2) is 4.47. The molecule has 4 rings (SSSR count). The van der Waals surface area contributed by atoms with Gasteiger partial charge in [0, 0.05) is 23.3 Å². The molecule has 0 unspecified atom stereocenters. The highest BCUT2D eigenvalue weighted by atomic mass is 19.1. The van der Waals surface area contributed by atoms with Gasteiger partial charge in [-0.05, 0) is 29.3 Å². The summed E-state index contributed by atoms with van der Waals surface area (Å²) in [5.41, 5.74) is 1.79. The molecule has 2 aromatic rings. The van der Waals surface area contributed by atoms with Gasteiger partial charge in [0.25, 0.3) is 0 Å². The van der Waals surface area contributed by atoms with Crippen LogP contribution in [0.5, 0.6) is 0 Å². The maximum Gasteiger partial charge on any atom is 0.248 e. The molecule has 0 fully saturated rings. The lowest BCUT2D eigenvalue weighted by Crippen LogP contribution is -2.32. The van der Waals surface area contributed by atoms with Crippen LogP contribution in [0.15, 0.2) is 35.5 Å². The molecule has 1 aromatic carbocycles. The van der Waals surface area contributed by atoms with E-state index in [1.807, 2.05) is 0 Å². The molecule has 0 saturated carbocycles. The molecule has 1 N–H and O–H groups in total. The average Bonchev–Trinajstić information content (AvgIpc) is 2.94. The Balaban J connectivity index is 1.96. The lowest BCUT2D eigenvalue weighted by atomic mass is 9.85. The van der Waals surface area contributed by atoms with Gasteiger partial charge in [0.15, 0.2) is 5.78 Å². The lowest BCUT2D eigenvalue weighted by molar-refractivity contribution is -0.116. The maximum atomic E-state index is 14.2. The number of fused-ring (bicyclic) bond motifs is 1. The Morgan fingerprint density at radius 2 is 2.14 bits per heavy atom. The second-order valence-corrected chi connectivity index (χ2v) is 5.17. The van der Waals surface area contributed by atoms with E-state index in [1.54, 1.807) is 18.2 Å². The number of allylic oxidation sites excluding steroid dienone is 2. The number of aromatic nitrogens is 4. The Bertz CT molecular complexity index is 766. The van der Waals surface area contributed by atoms with Crippen LogP contribution in [0.1, 0.15) is 30.9 Å². The molecule has 1 aliphatic carbocycles. The van der Waals surface area contributed by atoms with E-state index in [1.165, 1.54) is 10.7 Å². The Kier molecular flexibility index (Phi) is 2.60. The first-order valence-corrected chi connectivity index (χ1v) is 6.81. The van der Waals surface area contributed by atoms with Gasteiger partial charge in [-0.15, -0.1) is 0 Å². The summed E-state index contributed by atoms with van der Waals surface area (Å²) in [4.78, 5) is 12.4. The standard InChI is InChI=1S/C14H12FN5O/c15-9-5-2-1-4-8(9)13-12-10(6-3-7-11(12)21)16-14-17-18-19-20(13)14/h1-2,4-5,13H,3,6-7H2,(H,16,17,19)/t13-/m1/s1. The van der Waals surface area contributed by atoms with Crippen molar-refractivity contribution < 1.29 is 9.18 Å². The van der Waals surface area contributed by atoms with Crippen LogP contribution in [0, 0.1) is 5.82 Å². The predicted octanol–water partition coefficient (Wildman–Crippen LogP) is 1.83. The Morgan fingerprint density at radius 1 is 1.29 bits per heavy atom. The van der Waals surface area contributed by atoms with Crippen molar-refractivity contribution in [1.82, 2.24) is 20.2 Å². The van der Waals surface area contributed by atoms with Gasteiger partial charge in [-0.2, -0.15) is 4.68 Å². The van der Waals surface area contributed by atoms with E-state index < -0.39 is 6.04 Å². The van der Waals surface area contributed by atoms with Crippen LogP contribution in [0.2, 0.25) is 0 Å². The fourth-order valence-electron chi connectivity index (χ4n) is 3.00. The maximum absolute atomic E-state index is 14.2. The number of ketones is 1. The number of anilines is 1. The number of Topliss-reactive ketones (excluding diaryl/α,β-unsaturated/α-hetero) is 1. The summed E-state index contributed by atoms with van der Waals surface area (Å²) in [6, 6.07) is 5.83. The van der Waals surface area contributed by atoms with Crippen molar-refractivity contribution in [3.63, 3.8) is 0 Å². The van der Waals surface area contributed by atoms with Crippen molar-refractivity contribution in [3.8, 4) is 0 Å². The minimum atomic E-state index is -0.597. The molecule has 21 heavy (non-hydrogen) atoms. The molecule has 2 heterocycles. The van der Waals surface area contributed by atoms with Crippen molar-refractivity contribution in [2.24, 2.45) is 0 Å². The van der Waals surface area contributed by atoms with Gasteiger partial charge in [-0.25, -0.2) is 4.39 Å². The number of tetrazole rings is 1. The molecule has 1 aliphatic heterocycles. The van der Waals surface area contributed by atoms with E-state index >= 15 is 0 Å². The predicted molar refractivity (Wildman–Crippen MR) is 71.9 cm³/mol. The number of nitrogens with zero attached hydrogens (tertiary/aromatic N) is 4. The number of rotatable bonds is 1. The third-order valence-electron chi connectivity index (χ3n) is 3.93. The average molecular weight is 285 g/mol. The summed E-state index contributed by atoms with van der Waals surface area (Å²) in [6.45, 7) is 0. The number of hydrogen-bond donors (Lipinski definition) is 1. The molecule has 1 atom stereocenters. The van der Waals surface area contributed by atoms with Crippen LogP contribution < -0.4 is 5.32 Å². The molecule has 0 saturated heterocycles. The highest BCUT2D eigenvalue weighted by Crippen LogP contribution is 2.39. The normalized spacial score (nSPS) is 20.8. The van der Waals surface area contributed by atoms with Crippen LogP contribution in [0.25, 0.3) is 0 Å². The van der Waals surface area contributed by atoms with E-state index in [9.17, 15) is 9.18 Å². The molecular formula is C14H12FN5O. The van der Waals surface area contributed by atoms with Crippen molar-refractivity contribution >= 4 is 11.7 Å². The van der Waals surface area contributed by atoms with Crippen molar-refractivity contribution in [3.05, 3.63) is 46.9 Å². The SMILES string of the molecule is O=C1CCCC2=C1[C@@H](c1ccccc1F)n1nnnc1N2. The molecule has 6 nitrogen and oxygen atoms in total. The fourth-order valence-corrected chi connectivity index (χ4v) is 3.00. The molecule has 0 amide bonds. The number of nitrogens with one attached hydrogen (secondary N) is 1.